The second kappa shape index (κ2) is 6.53. The molecular weight excluding hydrogens is 298 g/mol. The predicted molar refractivity (Wildman–Crippen MR) is 77.2 cm³/mol. The number of hydrogen-bond acceptors (Lipinski definition) is 6. The van der Waals surface area contributed by atoms with E-state index in [1.807, 2.05) is 0 Å². The number of thioether (sulfide) groups is 1. The van der Waals surface area contributed by atoms with E-state index in [1.54, 1.807) is 23.4 Å². The van der Waals surface area contributed by atoms with Gasteiger partial charge < -0.3 is 4.90 Å². The summed E-state index contributed by atoms with van der Waals surface area (Å²) >= 11 is 1.30. The maximum absolute atomic E-state index is 12.0. The molecule has 0 aliphatic carbocycles. The Hall–Kier alpha value is -1.15. The van der Waals surface area contributed by atoms with Gasteiger partial charge in [0.25, 0.3) is 0 Å². The number of sulfone groups is 1. The van der Waals surface area contributed by atoms with Crippen LogP contribution in [0.25, 0.3) is 0 Å². The average molecular weight is 315 g/mol. The molecule has 0 aromatic carbocycles. The van der Waals surface area contributed by atoms with Crippen molar-refractivity contribution in [1.82, 2.24) is 14.9 Å². The van der Waals surface area contributed by atoms with Crippen LogP contribution in [0.1, 0.15) is 12.8 Å². The molecule has 1 aromatic rings. The van der Waals surface area contributed by atoms with Gasteiger partial charge in [-0.25, -0.2) is 18.4 Å². The summed E-state index contributed by atoms with van der Waals surface area (Å²) in [5, 5.41) is 0.267. The zero-order valence-electron chi connectivity index (χ0n) is 11.2. The first-order valence-electron chi connectivity index (χ1n) is 6.33. The molecule has 0 saturated carbocycles. The van der Waals surface area contributed by atoms with Crippen molar-refractivity contribution in [3.63, 3.8) is 0 Å². The molecule has 2 heterocycles. The lowest BCUT2D eigenvalue weighted by atomic mass is 10.1. The molecule has 0 atom stereocenters. The highest BCUT2D eigenvalue weighted by atomic mass is 32.2. The van der Waals surface area contributed by atoms with Crippen LogP contribution in [0.2, 0.25) is 0 Å². The van der Waals surface area contributed by atoms with E-state index < -0.39 is 9.84 Å². The molecule has 6 nitrogen and oxygen atoms in total. The van der Waals surface area contributed by atoms with Crippen molar-refractivity contribution in [1.29, 1.82) is 0 Å². The van der Waals surface area contributed by atoms with E-state index in [2.05, 4.69) is 9.97 Å². The highest BCUT2D eigenvalue weighted by Gasteiger charge is 2.28. The van der Waals surface area contributed by atoms with E-state index in [1.165, 1.54) is 18.0 Å². The Kier molecular flexibility index (Phi) is 4.98. The molecule has 1 aliphatic heterocycles. The molecule has 110 valence electrons. The average Bonchev–Trinajstić information content (AvgIpc) is 2.45. The van der Waals surface area contributed by atoms with Crippen LogP contribution in [0.5, 0.6) is 0 Å². The number of hydrogen-bond donors (Lipinski definition) is 0. The van der Waals surface area contributed by atoms with Crippen LogP contribution >= 0.6 is 11.8 Å². The molecule has 2 rings (SSSR count). The molecule has 0 N–H and O–H groups in total. The number of aromatic nitrogens is 2. The second-order valence-electron chi connectivity index (χ2n) is 4.73. The minimum absolute atomic E-state index is 0.00871. The van der Waals surface area contributed by atoms with Crippen LogP contribution in [-0.2, 0) is 14.6 Å². The van der Waals surface area contributed by atoms with Gasteiger partial charge in [-0.2, -0.15) is 0 Å². The van der Waals surface area contributed by atoms with Crippen molar-refractivity contribution in [3.05, 3.63) is 18.5 Å². The van der Waals surface area contributed by atoms with Crippen LogP contribution in [-0.4, -0.2) is 59.5 Å². The number of carbonyl (C=O) groups is 1. The van der Waals surface area contributed by atoms with Gasteiger partial charge in [0.15, 0.2) is 5.16 Å². The zero-order chi connectivity index (χ0) is 14.6. The Morgan fingerprint density at radius 2 is 1.95 bits per heavy atom. The van der Waals surface area contributed by atoms with Gasteiger partial charge in [0.1, 0.15) is 9.84 Å². The first-order valence-corrected chi connectivity index (χ1v) is 9.27. The number of amides is 1. The van der Waals surface area contributed by atoms with E-state index in [-0.39, 0.29) is 16.9 Å². The maximum Gasteiger partial charge on any atom is 0.233 e. The third-order valence-corrected chi connectivity index (χ3v) is 5.81. The summed E-state index contributed by atoms with van der Waals surface area (Å²) in [5.74, 6) is 0.294. The molecule has 0 spiro atoms. The van der Waals surface area contributed by atoms with Gasteiger partial charge in [-0.3, -0.25) is 4.79 Å². The van der Waals surface area contributed by atoms with Gasteiger partial charge in [-0.05, 0) is 18.9 Å². The van der Waals surface area contributed by atoms with Gasteiger partial charge in [-0.15, -0.1) is 0 Å². The second-order valence-corrected chi connectivity index (χ2v) is 8.00. The zero-order valence-corrected chi connectivity index (χ0v) is 12.9. The molecule has 0 bridgehead atoms. The number of likely N-dealkylation sites (tertiary alicyclic amines) is 1. The minimum Gasteiger partial charge on any atom is -0.342 e. The van der Waals surface area contributed by atoms with Crippen LogP contribution < -0.4 is 0 Å². The summed E-state index contributed by atoms with van der Waals surface area (Å²) in [7, 11) is -2.99. The standard InChI is InChI=1S/C12H17N3O3S2/c1-20(17,18)10-3-7-15(8-4-10)11(16)9-19-12-13-5-2-6-14-12/h2,5-6,10H,3-4,7-9H2,1H3. The number of piperidine rings is 1. The van der Waals surface area contributed by atoms with Gasteiger partial charge >= 0.3 is 0 Å². The maximum atomic E-state index is 12.0. The van der Waals surface area contributed by atoms with E-state index in [9.17, 15) is 13.2 Å². The molecule has 1 amide bonds. The Balaban J connectivity index is 1.80. The van der Waals surface area contributed by atoms with Crippen molar-refractivity contribution in [2.75, 3.05) is 25.1 Å². The van der Waals surface area contributed by atoms with Crippen LogP contribution in [0, 0.1) is 0 Å². The molecule has 1 fully saturated rings. The van der Waals surface area contributed by atoms with E-state index >= 15 is 0 Å². The first-order chi connectivity index (χ1) is 9.47. The van der Waals surface area contributed by atoms with Gasteiger partial charge in [-0.1, -0.05) is 11.8 Å². The summed E-state index contributed by atoms with van der Waals surface area (Å²) in [4.78, 5) is 21.8. The van der Waals surface area contributed by atoms with E-state index in [0.29, 0.717) is 31.1 Å². The molecule has 1 aliphatic rings. The van der Waals surface area contributed by atoms with Crippen LogP contribution in [0.3, 0.4) is 0 Å². The summed E-state index contributed by atoms with van der Waals surface area (Å²) in [6.07, 6.45) is 5.58. The monoisotopic (exact) mass is 315 g/mol. The summed E-state index contributed by atoms with van der Waals surface area (Å²) in [5.41, 5.74) is 0. The normalized spacial score (nSPS) is 17.1. The highest BCUT2D eigenvalue weighted by molar-refractivity contribution is 7.99. The Labute approximate surface area is 122 Å². The lowest BCUT2D eigenvalue weighted by Crippen LogP contribution is -2.43. The Bertz CT molecular complexity index is 555. The summed E-state index contributed by atoms with van der Waals surface area (Å²) in [6, 6.07) is 1.72. The SMILES string of the molecule is CS(=O)(=O)C1CCN(C(=O)CSc2ncccn2)CC1. The largest absolute Gasteiger partial charge is 0.342 e. The van der Waals surface area contributed by atoms with Crippen LogP contribution in [0.4, 0.5) is 0 Å². The quantitative estimate of drug-likeness (QED) is 0.598. The molecule has 0 radical (unpaired) electrons. The molecule has 1 saturated heterocycles. The molecule has 20 heavy (non-hydrogen) atoms. The molecular formula is C12H17N3O3S2. The van der Waals surface area contributed by atoms with Gasteiger partial charge in [0, 0.05) is 31.7 Å². The third-order valence-electron chi connectivity index (χ3n) is 3.27. The Morgan fingerprint density at radius 1 is 1.35 bits per heavy atom. The van der Waals surface area contributed by atoms with Crippen molar-refractivity contribution >= 4 is 27.5 Å². The van der Waals surface area contributed by atoms with Gasteiger partial charge in [0.05, 0.1) is 11.0 Å². The third kappa shape index (κ3) is 4.17. The van der Waals surface area contributed by atoms with Crippen molar-refractivity contribution in [2.45, 2.75) is 23.2 Å². The van der Waals surface area contributed by atoms with E-state index in [4.69, 9.17) is 0 Å². The Morgan fingerprint density at radius 3 is 2.50 bits per heavy atom. The predicted octanol–water partition coefficient (Wildman–Crippen LogP) is 0.604. The number of nitrogens with zero attached hydrogens (tertiary/aromatic N) is 3. The highest BCUT2D eigenvalue weighted by Crippen LogP contribution is 2.19. The lowest BCUT2D eigenvalue weighted by Gasteiger charge is -2.31. The van der Waals surface area contributed by atoms with Gasteiger partial charge in [0.2, 0.25) is 5.91 Å². The molecule has 1 aromatic heterocycles. The van der Waals surface area contributed by atoms with E-state index in [0.717, 1.165) is 0 Å². The topological polar surface area (TPSA) is 80.2 Å². The fourth-order valence-electron chi connectivity index (χ4n) is 2.11. The number of carbonyl (C=O) groups excluding carboxylic acids is 1. The molecule has 0 unspecified atom stereocenters. The smallest absolute Gasteiger partial charge is 0.233 e. The van der Waals surface area contributed by atoms with Crippen molar-refractivity contribution in [2.24, 2.45) is 0 Å². The summed E-state index contributed by atoms with van der Waals surface area (Å²) < 4.78 is 22.9. The minimum atomic E-state index is -2.99. The van der Waals surface area contributed by atoms with Crippen LogP contribution in [0.15, 0.2) is 23.6 Å². The van der Waals surface area contributed by atoms with Crippen molar-refractivity contribution in [3.8, 4) is 0 Å². The first kappa shape index (κ1) is 15.2. The lowest BCUT2D eigenvalue weighted by molar-refractivity contribution is -0.129. The fourth-order valence-corrected chi connectivity index (χ4v) is 3.88. The fraction of sp³-hybridized carbons (Fsp3) is 0.583. The van der Waals surface area contributed by atoms with Crippen molar-refractivity contribution < 1.29 is 13.2 Å². The summed E-state index contributed by atoms with van der Waals surface area (Å²) in [6.45, 7) is 1.01. The number of rotatable bonds is 4. The molecule has 8 heteroatoms.